The van der Waals surface area contributed by atoms with Gasteiger partial charge in [0.15, 0.2) is 6.04 Å². The summed E-state index contributed by atoms with van der Waals surface area (Å²) in [7, 11) is 0. The van der Waals surface area contributed by atoms with Gasteiger partial charge in [0.2, 0.25) is 17.0 Å². The van der Waals surface area contributed by atoms with E-state index < -0.39 is 24.2 Å². The van der Waals surface area contributed by atoms with E-state index in [0.29, 0.717) is 11.6 Å². The topological polar surface area (TPSA) is 106 Å². The van der Waals surface area contributed by atoms with Crippen molar-refractivity contribution >= 4 is 23.6 Å². The number of hydrogen-bond donors (Lipinski definition) is 1. The van der Waals surface area contributed by atoms with Gasteiger partial charge >= 0.3 is 6.18 Å². The fourth-order valence-corrected chi connectivity index (χ4v) is 4.46. The zero-order valence-corrected chi connectivity index (χ0v) is 18.5. The predicted molar refractivity (Wildman–Crippen MR) is 116 cm³/mol. The second kappa shape index (κ2) is 10.2. The van der Waals surface area contributed by atoms with Crippen LogP contribution in [-0.2, 0) is 9.59 Å². The van der Waals surface area contributed by atoms with Gasteiger partial charge in [0, 0.05) is 24.5 Å². The van der Waals surface area contributed by atoms with Crippen molar-refractivity contribution in [3.05, 3.63) is 60.4 Å². The molecule has 3 heterocycles. The Bertz CT molecular complexity index is 1130. The first kappa shape index (κ1) is 23.7. The lowest BCUT2D eigenvalue weighted by atomic mass is 10.1. The van der Waals surface area contributed by atoms with Crippen molar-refractivity contribution in [2.24, 2.45) is 0 Å². The molecule has 0 aliphatic carbocycles. The number of carbonyl (C=O) groups is 2. The first-order valence-corrected chi connectivity index (χ1v) is 11.4. The molecule has 13 heteroatoms. The van der Waals surface area contributed by atoms with Crippen molar-refractivity contribution in [1.82, 2.24) is 35.4 Å². The van der Waals surface area contributed by atoms with Gasteiger partial charge < -0.3 is 10.2 Å². The molecule has 1 aromatic carbocycles. The lowest BCUT2D eigenvalue weighted by molar-refractivity contribution is -0.165. The molecule has 1 saturated heterocycles. The maximum absolute atomic E-state index is 13.6. The first-order chi connectivity index (χ1) is 16.3. The summed E-state index contributed by atoms with van der Waals surface area (Å²) in [5.74, 6) is -1.30. The van der Waals surface area contributed by atoms with Crippen LogP contribution in [0.2, 0.25) is 0 Å². The van der Waals surface area contributed by atoms with Crippen molar-refractivity contribution in [2.45, 2.75) is 36.3 Å². The SMILES string of the molecule is O=C(NC(c1cccnc1)C(F)(F)F)[C@@H]1CCCN1C(=O)CSc1nnnn1-c1ccccc1. The van der Waals surface area contributed by atoms with Gasteiger partial charge in [-0.2, -0.15) is 17.9 Å². The molecule has 0 bridgehead atoms. The molecule has 2 amide bonds. The van der Waals surface area contributed by atoms with E-state index in [9.17, 15) is 22.8 Å². The molecule has 0 saturated carbocycles. The second-order valence-electron chi connectivity index (χ2n) is 7.51. The van der Waals surface area contributed by atoms with Crippen LogP contribution in [0.25, 0.3) is 5.69 Å². The van der Waals surface area contributed by atoms with Crippen LogP contribution < -0.4 is 5.32 Å². The highest BCUT2D eigenvalue weighted by molar-refractivity contribution is 7.99. The van der Waals surface area contributed by atoms with E-state index in [2.05, 4.69) is 25.8 Å². The molecule has 178 valence electrons. The number of likely N-dealkylation sites (tertiary alicyclic amines) is 1. The molecule has 2 aromatic heterocycles. The number of halogens is 3. The second-order valence-corrected chi connectivity index (χ2v) is 8.45. The summed E-state index contributed by atoms with van der Waals surface area (Å²) >= 11 is 1.09. The highest BCUT2D eigenvalue weighted by atomic mass is 32.2. The van der Waals surface area contributed by atoms with Crippen molar-refractivity contribution in [3.63, 3.8) is 0 Å². The number of hydrogen-bond acceptors (Lipinski definition) is 7. The van der Waals surface area contributed by atoms with Crippen molar-refractivity contribution < 1.29 is 22.8 Å². The van der Waals surface area contributed by atoms with Gasteiger partial charge in [-0.25, -0.2) is 0 Å². The number of carbonyl (C=O) groups excluding carboxylic acids is 2. The quantitative estimate of drug-likeness (QED) is 0.507. The monoisotopic (exact) mass is 491 g/mol. The highest BCUT2D eigenvalue weighted by Crippen LogP contribution is 2.33. The number of pyridine rings is 1. The molecule has 1 unspecified atom stereocenters. The molecule has 9 nitrogen and oxygen atoms in total. The molecule has 2 atom stereocenters. The van der Waals surface area contributed by atoms with E-state index >= 15 is 0 Å². The highest BCUT2D eigenvalue weighted by Gasteiger charge is 2.44. The molecular formula is C21H20F3N7O2S. The van der Waals surface area contributed by atoms with Crippen molar-refractivity contribution in [1.29, 1.82) is 0 Å². The van der Waals surface area contributed by atoms with E-state index in [1.165, 1.54) is 27.9 Å². The predicted octanol–water partition coefficient (Wildman–Crippen LogP) is 2.56. The molecule has 34 heavy (non-hydrogen) atoms. The fraction of sp³-hybridized carbons (Fsp3) is 0.333. The molecule has 0 radical (unpaired) electrons. The average molecular weight is 491 g/mol. The third kappa shape index (κ3) is 5.35. The Morgan fingerprint density at radius 3 is 2.68 bits per heavy atom. The van der Waals surface area contributed by atoms with Crippen molar-refractivity contribution in [3.8, 4) is 5.69 Å². The van der Waals surface area contributed by atoms with Gasteiger partial charge in [0.05, 0.1) is 11.4 Å². The zero-order chi connectivity index (χ0) is 24.1. The van der Waals surface area contributed by atoms with Gasteiger partial charge in [-0.05, 0) is 41.5 Å². The molecule has 0 spiro atoms. The zero-order valence-electron chi connectivity index (χ0n) is 17.7. The van der Waals surface area contributed by atoms with Gasteiger partial charge in [-0.3, -0.25) is 14.6 Å². The molecular weight excluding hydrogens is 471 g/mol. The van der Waals surface area contributed by atoms with Gasteiger partial charge in [0.25, 0.3) is 0 Å². The Morgan fingerprint density at radius 1 is 1.18 bits per heavy atom. The Morgan fingerprint density at radius 2 is 1.97 bits per heavy atom. The summed E-state index contributed by atoms with van der Waals surface area (Å²) in [5, 5.41) is 13.9. The third-order valence-electron chi connectivity index (χ3n) is 5.27. The largest absolute Gasteiger partial charge is 0.412 e. The Hall–Kier alpha value is -3.48. The summed E-state index contributed by atoms with van der Waals surface area (Å²) in [6, 6.07) is 8.53. The summed E-state index contributed by atoms with van der Waals surface area (Å²) < 4.78 is 42.3. The van der Waals surface area contributed by atoms with E-state index in [1.807, 2.05) is 30.3 Å². The minimum Gasteiger partial charge on any atom is -0.339 e. The Balaban J connectivity index is 1.42. The van der Waals surface area contributed by atoms with Crippen LogP contribution in [0, 0.1) is 0 Å². The van der Waals surface area contributed by atoms with Crippen molar-refractivity contribution in [2.75, 3.05) is 12.3 Å². The van der Waals surface area contributed by atoms with E-state index in [-0.39, 0.29) is 30.2 Å². The van der Waals surface area contributed by atoms with Crippen LogP contribution in [0.15, 0.2) is 60.0 Å². The minimum absolute atomic E-state index is 0.0672. The molecule has 1 aliphatic rings. The number of tetrazole rings is 1. The van der Waals surface area contributed by atoms with Gasteiger partial charge in [-0.1, -0.05) is 36.0 Å². The number of amides is 2. The smallest absolute Gasteiger partial charge is 0.339 e. The number of rotatable bonds is 7. The summed E-state index contributed by atoms with van der Waals surface area (Å²) in [5.41, 5.74) is 0.539. The number of nitrogens with zero attached hydrogens (tertiary/aromatic N) is 6. The van der Waals surface area contributed by atoms with Crippen LogP contribution >= 0.6 is 11.8 Å². The molecule has 1 aliphatic heterocycles. The summed E-state index contributed by atoms with van der Waals surface area (Å²) in [6.07, 6.45) is -1.51. The lowest BCUT2D eigenvalue weighted by Gasteiger charge is -2.27. The third-order valence-corrected chi connectivity index (χ3v) is 6.18. The fourth-order valence-electron chi connectivity index (χ4n) is 3.69. The maximum Gasteiger partial charge on any atom is 0.412 e. The van der Waals surface area contributed by atoms with E-state index in [0.717, 1.165) is 23.6 Å². The molecule has 4 rings (SSSR count). The minimum atomic E-state index is -4.71. The van der Waals surface area contributed by atoms with Crippen LogP contribution in [0.4, 0.5) is 13.2 Å². The number of thioether (sulfide) groups is 1. The van der Waals surface area contributed by atoms with E-state index in [1.54, 1.807) is 0 Å². The number of benzene rings is 1. The molecule has 1 N–H and O–H groups in total. The van der Waals surface area contributed by atoms with E-state index in [4.69, 9.17) is 0 Å². The number of nitrogens with one attached hydrogen (secondary N) is 1. The lowest BCUT2D eigenvalue weighted by Crippen LogP contribution is -2.49. The maximum atomic E-state index is 13.6. The normalized spacial score (nSPS) is 16.9. The van der Waals surface area contributed by atoms with Crippen LogP contribution in [0.1, 0.15) is 24.4 Å². The number of alkyl halides is 3. The number of para-hydroxylation sites is 1. The molecule has 3 aromatic rings. The van der Waals surface area contributed by atoms with Gasteiger partial charge in [-0.15, -0.1) is 5.10 Å². The summed E-state index contributed by atoms with van der Waals surface area (Å²) in [4.78, 5) is 30.7. The van der Waals surface area contributed by atoms with Crippen LogP contribution in [0.3, 0.4) is 0 Å². The first-order valence-electron chi connectivity index (χ1n) is 10.4. The van der Waals surface area contributed by atoms with Crippen LogP contribution in [0.5, 0.6) is 0 Å². The Labute approximate surface area is 196 Å². The number of aromatic nitrogens is 5. The van der Waals surface area contributed by atoms with Gasteiger partial charge in [0.1, 0.15) is 6.04 Å². The average Bonchev–Trinajstić information content (AvgIpc) is 3.51. The summed E-state index contributed by atoms with van der Waals surface area (Å²) in [6.45, 7) is 0.282. The standard InChI is InChI=1S/C21H20F3N7O2S/c22-21(23,24)18(14-6-4-10-25-12-14)26-19(33)16-9-5-11-30(16)17(32)13-34-20-27-28-29-31(20)15-7-2-1-3-8-15/h1-4,6-8,10,12,16,18H,5,9,11,13H2,(H,26,33)/t16-,18?/m0/s1. The van der Waals surface area contributed by atoms with Crippen LogP contribution in [-0.4, -0.2) is 66.4 Å². The Kier molecular flexibility index (Phi) is 7.10. The molecule has 1 fully saturated rings.